The van der Waals surface area contributed by atoms with E-state index in [4.69, 9.17) is 17.0 Å². The molecule has 0 aliphatic carbocycles. The van der Waals surface area contributed by atoms with E-state index in [2.05, 4.69) is 26.0 Å². The molecule has 122 valence electrons. The van der Waals surface area contributed by atoms with Gasteiger partial charge in [-0.15, -0.1) is 0 Å². The second-order valence-corrected chi connectivity index (χ2v) is 6.24. The summed E-state index contributed by atoms with van der Waals surface area (Å²) in [6.45, 7) is 5.19. The zero-order chi connectivity index (χ0) is 16.2. The summed E-state index contributed by atoms with van der Waals surface area (Å²) in [5.74, 6) is 0.625. The highest BCUT2D eigenvalue weighted by Gasteiger charge is 2.08. The predicted molar refractivity (Wildman–Crippen MR) is 96.4 cm³/mol. The van der Waals surface area contributed by atoms with Gasteiger partial charge in [0.15, 0.2) is 5.05 Å². The summed E-state index contributed by atoms with van der Waals surface area (Å²) in [4.78, 5) is 10.5. The standard InChI is InChI=1S/C19H28O2S/c1-3-5-6-16(4-2)15-21-19(22)12-11-17-7-9-18(10-8-17)13-14-20/h7-10,14,16H,3-6,11-13,15H2,1-2H3. The Balaban J connectivity index is 2.28. The van der Waals surface area contributed by atoms with E-state index in [0.29, 0.717) is 17.4 Å². The van der Waals surface area contributed by atoms with Crippen LogP contribution in [0.1, 0.15) is 57.1 Å². The number of hydrogen-bond acceptors (Lipinski definition) is 3. The summed E-state index contributed by atoms with van der Waals surface area (Å²) in [5.41, 5.74) is 2.29. The second kappa shape index (κ2) is 11.4. The van der Waals surface area contributed by atoms with E-state index >= 15 is 0 Å². The Morgan fingerprint density at radius 1 is 1.23 bits per heavy atom. The number of aldehydes is 1. The number of thiocarbonyl (C=S) groups is 1. The van der Waals surface area contributed by atoms with Crippen molar-refractivity contribution in [2.75, 3.05) is 6.61 Å². The molecule has 0 radical (unpaired) electrons. The molecule has 0 N–H and O–H groups in total. The van der Waals surface area contributed by atoms with E-state index in [1.165, 1.54) is 24.8 Å². The molecule has 0 aliphatic heterocycles. The Kier molecular flexibility index (Phi) is 9.72. The van der Waals surface area contributed by atoms with E-state index in [1.54, 1.807) is 0 Å². The van der Waals surface area contributed by atoms with Crippen molar-refractivity contribution in [3.8, 4) is 0 Å². The number of rotatable bonds is 11. The molecule has 0 aliphatic rings. The number of ether oxygens (including phenoxy) is 1. The van der Waals surface area contributed by atoms with Gasteiger partial charge in [-0.25, -0.2) is 0 Å². The van der Waals surface area contributed by atoms with E-state index in [9.17, 15) is 4.79 Å². The Labute approximate surface area is 140 Å². The Hall–Kier alpha value is -1.22. The Bertz CT molecular complexity index is 439. The first-order valence-corrected chi connectivity index (χ1v) is 8.77. The maximum absolute atomic E-state index is 10.5. The van der Waals surface area contributed by atoms with Crippen LogP contribution in [0.4, 0.5) is 0 Å². The lowest BCUT2D eigenvalue weighted by Gasteiger charge is -2.16. The Morgan fingerprint density at radius 2 is 1.91 bits per heavy atom. The molecule has 3 heteroatoms. The van der Waals surface area contributed by atoms with Gasteiger partial charge < -0.3 is 9.53 Å². The van der Waals surface area contributed by atoms with Crippen molar-refractivity contribution in [2.24, 2.45) is 5.92 Å². The van der Waals surface area contributed by atoms with Crippen molar-refractivity contribution >= 4 is 23.6 Å². The summed E-state index contributed by atoms with van der Waals surface area (Å²) in [6.07, 6.45) is 7.98. The number of carbonyl (C=O) groups excluding carboxylic acids is 1. The van der Waals surface area contributed by atoms with E-state index in [-0.39, 0.29) is 0 Å². The number of hydrogen-bond donors (Lipinski definition) is 0. The number of carbonyl (C=O) groups is 1. The molecule has 22 heavy (non-hydrogen) atoms. The number of benzene rings is 1. The molecule has 1 aromatic rings. The molecule has 0 bridgehead atoms. The fourth-order valence-electron chi connectivity index (χ4n) is 2.37. The predicted octanol–water partition coefficient (Wildman–Crippen LogP) is 4.92. The average Bonchev–Trinajstić information content (AvgIpc) is 2.54. The van der Waals surface area contributed by atoms with E-state index in [1.807, 2.05) is 12.1 Å². The summed E-state index contributed by atoms with van der Waals surface area (Å²) in [5, 5.41) is 0.715. The molecular weight excluding hydrogens is 292 g/mol. The van der Waals surface area contributed by atoms with Gasteiger partial charge in [0.25, 0.3) is 0 Å². The molecule has 1 rings (SSSR count). The van der Waals surface area contributed by atoms with Crippen molar-refractivity contribution in [3.05, 3.63) is 35.4 Å². The van der Waals surface area contributed by atoms with Crippen LogP contribution in [0.2, 0.25) is 0 Å². The van der Waals surface area contributed by atoms with Crippen molar-refractivity contribution in [2.45, 2.75) is 58.8 Å². The van der Waals surface area contributed by atoms with E-state index in [0.717, 1.165) is 37.7 Å². The zero-order valence-corrected chi connectivity index (χ0v) is 14.7. The number of unbranched alkanes of at least 4 members (excludes halogenated alkanes) is 1. The van der Waals surface area contributed by atoms with Crippen LogP contribution in [0.25, 0.3) is 0 Å². The van der Waals surface area contributed by atoms with Gasteiger partial charge >= 0.3 is 0 Å². The first-order valence-electron chi connectivity index (χ1n) is 8.36. The van der Waals surface area contributed by atoms with Crippen LogP contribution in [0.5, 0.6) is 0 Å². The molecule has 1 unspecified atom stereocenters. The van der Waals surface area contributed by atoms with Crippen molar-refractivity contribution < 1.29 is 9.53 Å². The second-order valence-electron chi connectivity index (χ2n) is 5.79. The molecule has 0 aromatic heterocycles. The molecule has 0 saturated heterocycles. The molecule has 0 amide bonds. The highest BCUT2D eigenvalue weighted by molar-refractivity contribution is 7.80. The summed E-state index contributed by atoms with van der Waals surface area (Å²) in [6, 6.07) is 8.14. The highest BCUT2D eigenvalue weighted by Crippen LogP contribution is 2.14. The van der Waals surface area contributed by atoms with Gasteiger partial charge in [0, 0.05) is 12.8 Å². The first kappa shape index (κ1) is 18.8. The van der Waals surface area contributed by atoms with Crippen LogP contribution >= 0.6 is 12.2 Å². The third kappa shape index (κ3) is 7.69. The molecule has 1 atom stereocenters. The average molecular weight is 320 g/mol. The van der Waals surface area contributed by atoms with Gasteiger partial charge in [0.1, 0.15) is 6.29 Å². The third-order valence-corrected chi connectivity index (χ3v) is 4.31. The van der Waals surface area contributed by atoms with Crippen LogP contribution in [0.15, 0.2) is 24.3 Å². The molecule has 1 aromatic carbocycles. The monoisotopic (exact) mass is 320 g/mol. The third-order valence-electron chi connectivity index (χ3n) is 3.98. The van der Waals surface area contributed by atoms with Gasteiger partial charge in [0.05, 0.1) is 6.61 Å². The fraction of sp³-hybridized carbons (Fsp3) is 0.579. The summed E-state index contributed by atoms with van der Waals surface area (Å²) in [7, 11) is 0. The van der Waals surface area contributed by atoms with Crippen molar-refractivity contribution in [3.63, 3.8) is 0 Å². The van der Waals surface area contributed by atoms with Gasteiger partial charge in [-0.05, 0) is 42.1 Å². The lowest BCUT2D eigenvalue weighted by molar-refractivity contribution is -0.107. The van der Waals surface area contributed by atoms with Gasteiger partial charge in [-0.1, -0.05) is 57.4 Å². The van der Waals surface area contributed by atoms with Crippen LogP contribution in [0, 0.1) is 5.92 Å². The Morgan fingerprint density at radius 3 is 2.50 bits per heavy atom. The quantitative estimate of drug-likeness (QED) is 0.427. The summed E-state index contributed by atoms with van der Waals surface area (Å²) >= 11 is 5.33. The smallest absolute Gasteiger partial charge is 0.160 e. The van der Waals surface area contributed by atoms with Gasteiger partial charge in [-0.2, -0.15) is 0 Å². The minimum absolute atomic E-state index is 0.484. The first-order chi connectivity index (χ1) is 10.7. The van der Waals surface area contributed by atoms with Crippen LogP contribution in [-0.4, -0.2) is 17.9 Å². The molecule has 0 heterocycles. The molecule has 2 nitrogen and oxygen atoms in total. The fourth-order valence-corrected chi connectivity index (χ4v) is 2.54. The largest absolute Gasteiger partial charge is 0.487 e. The SMILES string of the molecule is CCCCC(CC)COC(=S)CCc1ccc(CC=O)cc1. The van der Waals surface area contributed by atoms with Gasteiger partial charge in [-0.3, -0.25) is 0 Å². The van der Waals surface area contributed by atoms with Crippen LogP contribution in [-0.2, 0) is 22.4 Å². The number of aryl methyl sites for hydroxylation is 1. The normalized spacial score (nSPS) is 11.9. The molecule has 0 saturated carbocycles. The lowest BCUT2D eigenvalue weighted by atomic mass is 10.0. The minimum Gasteiger partial charge on any atom is -0.487 e. The van der Waals surface area contributed by atoms with Crippen molar-refractivity contribution in [1.29, 1.82) is 0 Å². The maximum atomic E-state index is 10.5. The topological polar surface area (TPSA) is 26.3 Å². The molecular formula is C19H28O2S. The summed E-state index contributed by atoms with van der Waals surface area (Å²) < 4.78 is 5.76. The lowest BCUT2D eigenvalue weighted by Crippen LogP contribution is -2.13. The highest BCUT2D eigenvalue weighted by atomic mass is 32.1. The van der Waals surface area contributed by atoms with Crippen LogP contribution < -0.4 is 0 Å². The maximum Gasteiger partial charge on any atom is 0.160 e. The zero-order valence-electron chi connectivity index (χ0n) is 13.8. The van der Waals surface area contributed by atoms with E-state index < -0.39 is 0 Å². The van der Waals surface area contributed by atoms with Crippen molar-refractivity contribution in [1.82, 2.24) is 0 Å². The minimum atomic E-state index is 0.484. The molecule has 0 spiro atoms. The van der Waals surface area contributed by atoms with Crippen LogP contribution in [0.3, 0.4) is 0 Å². The molecule has 0 fully saturated rings. The van der Waals surface area contributed by atoms with Gasteiger partial charge in [0.2, 0.25) is 0 Å².